The van der Waals surface area contributed by atoms with Gasteiger partial charge >= 0.3 is 0 Å². The highest BCUT2D eigenvalue weighted by molar-refractivity contribution is 7.99. The van der Waals surface area contributed by atoms with E-state index < -0.39 is 0 Å². The summed E-state index contributed by atoms with van der Waals surface area (Å²) >= 11 is 2.88. The number of rotatable bonds is 4. The standard InChI is InChI=1S/C13H14N2O2S2/c1-7-4-12(17)15-13(14-7)18-6-11(16)10-5-8(2)19-9(10)3/h4-5H,6H2,1-3H3,(H,14,15,17). The zero-order valence-corrected chi connectivity index (χ0v) is 12.6. The Balaban J connectivity index is 2.08. The first kappa shape index (κ1) is 14.0. The number of thioether (sulfide) groups is 1. The molecule has 0 saturated carbocycles. The van der Waals surface area contributed by atoms with E-state index in [1.165, 1.54) is 17.8 Å². The Labute approximate surface area is 119 Å². The second kappa shape index (κ2) is 5.71. The molecule has 0 bridgehead atoms. The van der Waals surface area contributed by atoms with E-state index in [2.05, 4.69) is 9.97 Å². The lowest BCUT2D eigenvalue weighted by molar-refractivity contribution is 0.102. The van der Waals surface area contributed by atoms with E-state index in [9.17, 15) is 9.59 Å². The van der Waals surface area contributed by atoms with Gasteiger partial charge in [-0.3, -0.25) is 9.59 Å². The van der Waals surface area contributed by atoms with Crippen LogP contribution in [0.1, 0.15) is 25.8 Å². The van der Waals surface area contributed by atoms with Gasteiger partial charge in [0.15, 0.2) is 10.9 Å². The lowest BCUT2D eigenvalue weighted by atomic mass is 10.2. The van der Waals surface area contributed by atoms with Crippen LogP contribution in [0.5, 0.6) is 0 Å². The molecule has 4 nitrogen and oxygen atoms in total. The van der Waals surface area contributed by atoms with Crippen molar-refractivity contribution >= 4 is 28.9 Å². The van der Waals surface area contributed by atoms with E-state index in [1.54, 1.807) is 18.3 Å². The van der Waals surface area contributed by atoms with E-state index >= 15 is 0 Å². The van der Waals surface area contributed by atoms with Gasteiger partial charge in [-0.05, 0) is 26.8 Å². The van der Waals surface area contributed by atoms with Crippen LogP contribution in [-0.2, 0) is 0 Å². The van der Waals surface area contributed by atoms with E-state index in [0.29, 0.717) is 10.9 Å². The zero-order valence-electron chi connectivity index (χ0n) is 10.9. The zero-order chi connectivity index (χ0) is 14.0. The average molecular weight is 294 g/mol. The molecular formula is C13H14N2O2S2. The number of carbonyl (C=O) groups is 1. The van der Waals surface area contributed by atoms with E-state index in [-0.39, 0.29) is 17.1 Å². The SMILES string of the molecule is Cc1cc(=O)[nH]c(SCC(=O)c2cc(C)sc2C)n1. The molecule has 1 N–H and O–H groups in total. The molecule has 100 valence electrons. The van der Waals surface area contributed by atoms with Gasteiger partial charge in [0.2, 0.25) is 0 Å². The number of nitrogens with one attached hydrogen (secondary N) is 1. The third-order valence-electron chi connectivity index (χ3n) is 2.53. The Morgan fingerprint density at radius 3 is 2.68 bits per heavy atom. The van der Waals surface area contributed by atoms with Crippen LogP contribution >= 0.6 is 23.1 Å². The molecule has 0 amide bonds. The first-order valence-electron chi connectivity index (χ1n) is 5.76. The average Bonchev–Trinajstić information content (AvgIpc) is 2.64. The number of aryl methyl sites for hydroxylation is 3. The molecular weight excluding hydrogens is 280 g/mol. The summed E-state index contributed by atoms with van der Waals surface area (Å²) in [5.41, 5.74) is 1.23. The number of hydrogen-bond acceptors (Lipinski definition) is 5. The first-order valence-corrected chi connectivity index (χ1v) is 7.57. The molecule has 0 aromatic carbocycles. The Morgan fingerprint density at radius 1 is 1.37 bits per heavy atom. The molecule has 19 heavy (non-hydrogen) atoms. The van der Waals surface area contributed by atoms with Crippen molar-refractivity contribution in [2.45, 2.75) is 25.9 Å². The molecule has 0 radical (unpaired) electrons. The second-order valence-corrected chi connectivity index (χ2v) is 6.66. The van der Waals surface area contributed by atoms with Gasteiger partial charge in [0.05, 0.1) is 5.75 Å². The molecule has 2 rings (SSSR count). The van der Waals surface area contributed by atoms with Gasteiger partial charge in [0.1, 0.15) is 0 Å². The third kappa shape index (κ3) is 3.54. The summed E-state index contributed by atoms with van der Waals surface area (Å²) in [6.45, 7) is 5.69. The quantitative estimate of drug-likeness (QED) is 0.535. The van der Waals surface area contributed by atoms with Gasteiger partial charge in [-0.1, -0.05) is 11.8 Å². The molecule has 0 aliphatic carbocycles. The van der Waals surface area contributed by atoms with Crippen LogP contribution in [0.15, 0.2) is 22.1 Å². The van der Waals surface area contributed by atoms with Crippen molar-refractivity contribution in [3.05, 3.63) is 43.5 Å². The van der Waals surface area contributed by atoms with Gasteiger partial charge in [0, 0.05) is 27.1 Å². The summed E-state index contributed by atoms with van der Waals surface area (Å²) in [6.07, 6.45) is 0. The Hall–Kier alpha value is -1.40. The number of H-pyrrole nitrogens is 1. The predicted octanol–water partition coefficient (Wildman–Crippen LogP) is 2.73. The highest BCUT2D eigenvalue weighted by Gasteiger charge is 2.13. The number of aromatic amines is 1. The number of carbonyl (C=O) groups excluding carboxylic acids is 1. The lowest BCUT2D eigenvalue weighted by Crippen LogP contribution is -2.10. The molecule has 0 saturated heterocycles. The highest BCUT2D eigenvalue weighted by Crippen LogP contribution is 2.23. The Morgan fingerprint density at radius 2 is 2.11 bits per heavy atom. The normalized spacial score (nSPS) is 10.7. The summed E-state index contributed by atoms with van der Waals surface area (Å²) in [5, 5.41) is 0.489. The minimum atomic E-state index is -0.190. The maximum atomic E-state index is 12.1. The van der Waals surface area contributed by atoms with Crippen molar-refractivity contribution in [3.8, 4) is 0 Å². The monoisotopic (exact) mass is 294 g/mol. The number of hydrogen-bond donors (Lipinski definition) is 1. The summed E-state index contributed by atoms with van der Waals surface area (Å²) in [6, 6.07) is 3.34. The molecule has 2 heterocycles. The number of ketones is 1. The number of Topliss-reactive ketones (excluding diaryl/α,β-unsaturated/α-hetero) is 1. The molecule has 0 aliphatic rings. The van der Waals surface area contributed by atoms with Gasteiger partial charge in [0.25, 0.3) is 5.56 Å². The van der Waals surface area contributed by atoms with Crippen LogP contribution in [0.2, 0.25) is 0 Å². The molecule has 0 fully saturated rings. The maximum Gasteiger partial charge on any atom is 0.251 e. The fourth-order valence-corrected chi connectivity index (χ4v) is 3.49. The maximum absolute atomic E-state index is 12.1. The molecule has 6 heteroatoms. The smallest absolute Gasteiger partial charge is 0.251 e. The number of thiophene rings is 1. The van der Waals surface area contributed by atoms with Crippen LogP contribution in [-0.4, -0.2) is 21.5 Å². The van der Waals surface area contributed by atoms with Gasteiger partial charge in [-0.2, -0.15) is 0 Å². The first-order chi connectivity index (χ1) is 8.95. The molecule has 0 spiro atoms. The summed E-state index contributed by atoms with van der Waals surface area (Å²) in [5.74, 6) is 0.347. The van der Waals surface area contributed by atoms with Crippen LogP contribution in [0.25, 0.3) is 0 Å². The van der Waals surface area contributed by atoms with Gasteiger partial charge in [-0.15, -0.1) is 11.3 Å². The molecule has 2 aromatic heterocycles. The minimum Gasteiger partial charge on any atom is -0.301 e. The minimum absolute atomic E-state index is 0.0657. The number of nitrogens with zero attached hydrogens (tertiary/aromatic N) is 1. The molecule has 0 unspecified atom stereocenters. The largest absolute Gasteiger partial charge is 0.301 e. The van der Waals surface area contributed by atoms with E-state index in [4.69, 9.17) is 0 Å². The topological polar surface area (TPSA) is 62.8 Å². The van der Waals surface area contributed by atoms with Crippen LogP contribution in [0, 0.1) is 20.8 Å². The van der Waals surface area contributed by atoms with Crippen molar-refractivity contribution < 1.29 is 4.79 Å². The van der Waals surface area contributed by atoms with Gasteiger partial charge in [-0.25, -0.2) is 4.98 Å². The molecule has 0 aliphatic heterocycles. The van der Waals surface area contributed by atoms with Crippen LogP contribution in [0.3, 0.4) is 0 Å². The summed E-state index contributed by atoms with van der Waals surface area (Å²) in [7, 11) is 0. The summed E-state index contributed by atoms with van der Waals surface area (Å²) in [4.78, 5) is 32.4. The van der Waals surface area contributed by atoms with Gasteiger partial charge < -0.3 is 4.98 Å². The molecule has 2 aromatic rings. The lowest BCUT2D eigenvalue weighted by Gasteiger charge is -2.01. The van der Waals surface area contributed by atoms with E-state index in [1.807, 2.05) is 19.9 Å². The highest BCUT2D eigenvalue weighted by atomic mass is 32.2. The van der Waals surface area contributed by atoms with Crippen LogP contribution < -0.4 is 5.56 Å². The second-order valence-electron chi connectivity index (χ2n) is 4.23. The van der Waals surface area contributed by atoms with Crippen molar-refractivity contribution in [3.63, 3.8) is 0 Å². The van der Waals surface area contributed by atoms with Crippen molar-refractivity contribution in [2.24, 2.45) is 0 Å². The van der Waals surface area contributed by atoms with E-state index in [0.717, 1.165) is 15.3 Å². The Bertz CT molecular complexity index is 674. The van der Waals surface area contributed by atoms with Crippen molar-refractivity contribution in [1.82, 2.24) is 9.97 Å². The van der Waals surface area contributed by atoms with Crippen molar-refractivity contribution in [2.75, 3.05) is 5.75 Å². The fraction of sp³-hybridized carbons (Fsp3) is 0.308. The van der Waals surface area contributed by atoms with Crippen molar-refractivity contribution in [1.29, 1.82) is 0 Å². The third-order valence-corrected chi connectivity index (χ3v) is 4.37. The Kier molecular flexibility index (Phi) is 4.21. The number of aromatic nitrogens is 2. The summed E-state index contributed by atoms with van der Waals surface area (Å²) < 4.78 is 0. The molecule has 0 atom stereocenters. The fourth-order valence-electron chi connectivity index (χ4n) is 1.74. The van der Waals surface area contributed by atoms with Crippen LogP contribution in [0.4, 0.5) is 0 Å². The predicted molar refractivity (Wildman–Crippen MR) is 78.4 cm³/mol.